The highest BCUT2D eigenvalue weighted by molar-refractivity contribution is 6.03. The Kier molecular flexibility index (Phi) is 15.0. The molecule has 1 atom stereocenters. The Labute approximate surface area is 366 Å². The van der Waals surface area contributed by atoms with Crippen LogP contribution in [-0.4, -0.2) is 94.0 Å². The minimum atomic E-state index is -0.109. The summed E-state index contributed by atoms with van der Waals surface area (Å²) in [6.07, 6.45) is 13.1. The van der Waals surface area contributed by atoms with Crippen LogP contribution in [0.4, 0.5) is 4.79 Å². The topological polar surface area (TPSA) is 148 Å². The van der Waals surface area contributed by atoms with Crippen molar-refractivity contribution in [1.82, 2.24) is 45.3 Å². The standard InChI is InChI=1S/C49H65N9O4/c1-11-15-16-34(25-53-49(60)56(8)9)57(21-12-2)29-44-51-26-42(54-44)37-18-19-38(47-35(14-4)31(5)23-40(37)47)36-17-20-39(48-41(36)24-32(6)62-48)43-27-52-45(55-43)30-58(22-13-3)46(59)28-50-33(7)61-10/h16-20,23-24,26-27,35,50H,7,11-15,21-22,25,28-30H2,1-6,8-10H3,(H,51,54)(H,52,55)(H,53,60)/b34-16-. The first kappa shape index (κ1) is 45.3. The highest BCUT2D eigenvalue weighted by Gasteiger charge is 2.29. The number of imidazole rings is 2. The Balaban J connectivity index is 1.31. The SMILES string of the molecule is C=C(NCC(=O)N(CCC)Cc1ncc(-c2ccc(-c3ccc(-c4cnc(CN(CCC)/C(=C\CCC)CNC(=O)N(C)C)[nH]4)c4c3C(CC)C(C)=C4)c3cc(C)oc23)[nH]1)OC. The number of allylic oxidation sites excluding steroid dienone is 2. The van der Waals surface area contributed by atoms with Gasteiger partial charge in [-0.3, -0.25) is 4.79 Å². The van der Waals surface area contributed by atoms with Crippen LogP contribution in [-0.2, 0) is 22.6 Å². The van der Waals surface area contributed by atoms with Crippen LogP contribution < -0.4 is 10.6 Å². The maximum absolute atomic E-state index is 13.1. The molecule has 3 heterocycles. The fraction of sp³-hybridized carbons (Fsp3) is 0.429. The summed E-state index contributed by atoms with van der Waals surface area (Å²) in [4.78, 5) is 48.0. The van der Waals surface area contributed by atoms with Crippen molar-refractivity contribution in [2.75, 3.05) is 47.4 Å². The molecule has 2 aromatic carbocycles. The number of furan rings is 1. The number of aryl methyl sites for hydroxylation is 1. The Hall–Kier alpha value is -6.24. The number of aromatic amines is 2. The average molecular weight is 844 g/mol. The number of hydrogen-bond donors (Lipinski definition) is 4. The maximum atomic E-state index is 13.1. The molecule has 13 nitrogen and oxygen atoms in total. The molecule has 0 spiro atoms. The van der Waals surface area contributed by atoms with Crippen LogP contribution in [0.1, 0.15) is 101 Å². The van der Waals surface area contributed by atoms with Gasteiger partial charge in [-0.25, -0.2) is 14.8 Å². The summed E-state index contributed by atoms with van der Waals surface area (Å²) >= 11 is 0. The normalized spacial score (nSPS) is 13.5. The van der Waals surface area contributed by atoms with Crippen molar-refractivity contribution in [3.63, 3.8) is 0 Å². The van der Waals surface area contributed by atoms with Gasteiger partial charge in [-0.05, 0) is 80.5 Å². The van der Waals surface area contributed by atoms with E-state index in [-0.39, 0.29) is 24.4 Å². The molecule has 6 rings (SSSR count). The number of hydrogen-bond acceptors (Lipinski definition) is 8. The van der Waals surface area contributed by atoms with Crippen molar-refractivity contribution in [2.45, 2.75) is 92.7 Å². The van der Waals surface area contributed by atoms with Crippen LogP contribution in [0.2, 0.25) is 0 Å². The molecular weight excluding hydrogens is 779 g/mol. The maximum Gasteiger partial charge on any atom is 0.317 e. The highest BCUT2D eigenvalue weighted by Crippen LogP contribution is 2.49. The second-order valence-electron chi connectivity index (χ2n) is 16.3. The number of nitrogens with one attached hydrogen (secondary N) is 4. The summed E-state index contributed by atoms with van der Waals surface area (Å²) in [6, 6.07) is 10.8. The fourth-order valence-corrected chi connectivity index (χ4v) is 8.40. The van der Waals surface area contributed by atoms with E-state index in [0.717, 1.165) is 95.0 Å². The van der Waals surface area contributed by atoms with E-state index in [0.29, 0.717) is 37.9 Å². The Bertz CT molecular complexity index is 2430. The number of benzene rings is 2. The Morgan fingerprint density at radius 2 is 1.48 bits per heavy atom. The molecule has 5 aromatic rings. The summed E-state index contributed by atoms with van der Waals surface area (Å²) in [5.41, 5.74) is 11.9. The highest BCUT2D eigenvalue weighted by atomic mass is 16.5. The molecule has 1 aliphatic rings. The monoisotopic (exact) mass is 844 g/mol. The van der Waals surface area contributed by atoms with Gasteiger partial charge in [-0.1, -0.05) is 70.0 Å². The number of aromatic nitrogens is 4. The minimum absolute atomic E-state index is 0.0652. The van der Waals surface area contributed by atoms with E-state index in [9.17, 15) is 9.59 Å². The van der Waals surface area contributed by atoms with Crippen LogP contribution >= 0.6 is 0 Å². The molecular formula is C49H65N9O4. The number of carbonyl (C=O) groups excluding carboxylic acids is 2. The van der Waals surface area contributed by atoms with Crippen molar-refractivity contribution < 1.29 is 18.7 Å². The van der Waals surface area contributed by atoms with Crippen molar-refractivity contribution in [2.24, 2.45) is 0 Å². The molecule has 330 valence electrons. The molecule has 3 amide bonds. The third kappa shape index (κ3) is 10.1. The Morgan fingerprint density at radius 1 is 0.855 bits per heavy atom. The number of ether oxygens (including phenoxy) is 1. The van der Waals surface area contributed by atoms with Crippen LogP contribution in [0, 0.1) is 6.92 Å². The van der Waals surface area contributed by atoms with Crippen molar-refractivity contribution in [3.8, 4) is 33.6 Å². The van der Waals surface area contributed by atoms with E-state index in [4.69, 9.17) is 19.1 Å². The minimum Gasteiger partial charge on any atom is -0.483 e. The molecule has 62 heavy (non-hydrogen) atoms. The van der Waals surface area contributed by atoms with E-state index < -0.39 is 0 Å². The van der Waals surface area contributed by atoms with Crippen molar-refractivity contribution in [1.29, 1.82) is 0 Å². The second-order valence-corrected chi connectivity index (χ2v) is 16.3. The van der Waals surface area contributed by atoms with Crippen LogP contribution in [0.15, 0.2) is 77.0 Å². The van der Waals surface area contributed by atoms with E-state index in [1.165, 1.54) is 29.4 Å². The van der Waals surface area contributed by atoms with Gasteiger partial charge >= 0.3 is 6.03 Å². The van der Waals surface area contributed by atoms with Gasteiger partial charge in [0.05, 0.1) is 57.1 Å². The van der Waals surface area contributed by atoms with Crippen molar-refractivity contribution >= 4 is 29.0 Å². The summed E-state index contributed by atoms with van der Waals surface area (Å²) in [6.45, 7) is 19.6. The molecule has 0 bridgehead atoms. The molecule has 4 N–H and O–H groups in total. The molecule has 0 saturated heterocycles. The number of carbonyl (C=O) groups is 2. The fourth-order valence-electron chi connectivity index (χ4n) is 8.40. The third-order valence-electron chi connectivity index (χ3n) is 11.5. The number of fused-ring (bicyclic) bond motifs is 2. The van der Waals surface area contributed by atoms with Gasteiger partial charge in [0.1, 0.15) is 23.0 Å². The molecule has 0 fully saturated rings. The van der Waals surface area contributed by atoms with E-state index >= 15 is 0 Å². The summed E-state index contributed by atoms with van der Waals surface area (Å²) in [5.74, 6) is 2.94. The number of H-pyrrole nitrogens is 2. The summed E-state index contributed by atoms with van der Waals surface area (Å²) < 4.78 is 11.5. The lowest BCUT2D eigenvalue weighted by Crippen LogP contribution is -2.38. The number of rotatable bonds is 21. The summed E-state index contributed by atoms with van der Waals surface area (Å²) in [7, 11) is 5.03. The first-order valence-corrected chi connectivity index (χ1v) is 22.0. The van der Waals surface area contributed by atoms with Gasteiger partial charge in [0.2, 0.25) is 5.91 Å². The zero-order valence-corrected chi connectivity index (χ0v) is 38.1. The van der Waals surface area contributed by atoms with Gasteiger partial charge in [0.15, 0.2) is 5.88 Å². The van der Waals surface area contributed by atoms with Gasteiger partial charge in [0, 0.05) is 55.3 Å². The third-order valence-corrected chi connectivity index (χ3v) is 11.5. The molecule has 0 radical (unpaired) electrons. The number of methoxy groups -OCH3 is 1. The number of amides is 3. The predicted molar refractivity (Wildman–Crippen MR) is 249 cm³/mol. The molecule has 1 aliphatic carbocycles. The van der Waals surface area contributed by atoms with E-state index in [1.54, 1.807) is 23.9 Å². The van der Waals surface area contributed by atoms with Gasteiger partial charge in [-0.2, -0.15) is 0 Å². The lowest BCUT2D eigenvalue weighted by molar-refractivity contribution is -0.131. The average Bonchev–Trinajstić information content (AvgIpc) is 4.07. The zero-order valence-electron chi connectivity index (χ0n) is 38.1. The van der Waals surface area contributed by atoms with Gasteiger partial charge in [0.25, 0.3) is 0 Å². The van der Waals surface area contributed by atoms with E-state index in [2.05, 4.69) is 102 Å². The van der Waals surface area contributed by atoms with Crippen LogP contribution in [0.25, 0.3) is 50.7 Å². The molecule has 0 aliphatic heterocycles. The van der Waals surface area contributed by atoms with Crippen LogP contribution in [0.3, 0.4) is 0 Å². The zero-order chi connectivity index (χ0) is 44.5. The largest absolute Gasteiger partial charge is 0.483 e. The predicted octanol–water partition coefficient (Wildman–Crippen LogP) is 9.71. The van der Waals surface area contributed by atoms with Crippen molar-refractivity contribution in [3.05, 3.63) is 101 Å². The first-order chi connectivity index (χ1) is 29.9. The number of urea groups is 1. The molecule has 0 saturated carbocycles. The van der Waals surface area contributed by atoms with Gasteiger partial charge < -0.3 is 44.5 Å². The first-order valence-electron chi connectivity index (χ1n) is 22.0. The Morgan fingerprint density at radius 3 is 2.13 bits per heavy atom. The lowest BCUT2D eigenvalue weighted by Gasteiger charge is -2.27. The molecule has 3 aromatic heterocycles. The lowest BCUT2D eigenvalue weighted by atomic mass is 9.84. The second kappa shape index (κ2) is 20.5. The summed E-state index contributed by atoms with van der Waals surface area (Å²) in [5, 5.41) is 7.02. The molecule has 13 heteroatoms. The van der Waals surface area contributed by atoms with Gasteiger partial charge in [-0.15, -0.1) is 0 Å². The van der Waals surface area contributed by atoms with E-state index in [1.807, 2.05) is 26.2 Å². The number of unbranched alkanes of at least 4 members (excludes halogenated alkanes) is 1. The number of nitrogens with zero attached hydrogens (tertiary/aromatic N) is 5. The quantitative estimate of drug-likeness (QED) is 0.0534. The molecule has 1 unspecified atom stereocenters. The van der Waals surface area contributed by atoms with Crippen LogP contribution in [0.5, 0.6) is 0 Å². The smallest absolute Gasteiger partial charge is 0.317 e.